The molecule has 2 rings (SSSR count). The molecule has 0 aliphatic carbocycles. The van der Waals surface area contributed by atoms with Gasteiger partial charge in [-0.15, -0.1) is 0 Å². The highest BCUT2D eigenvalue weighted by Crippen LogP contribution is 2.17. The summed E-state index contributed by atoms with van der Waals surface area (Å²) >= 11 is 0. The van der Waals surface area contributed by atoms with Crippen molar-refractivity contribution < 1.29 is 10.2 Å². The third-order valence-electron chi connectivity index (χ3n) is 2.86. The van der Waals surface area contributed by atoms with Gasteiger partial charge in [0.25, 0.3) is 0 Å². The van der Waals surface area contributed by atoms with Gasteiger partial charge in [-0.3, -0.25) is 0 Å². The summed E-state index contributed by atoms with van der Waals surface area (Å²) in [6.45, 7) is 1.46. The molecule has 2 aromatic rings. The van der Waals surface area contributed by atoms with Crippen LogP contribution in [0.2, 0.25) is 0 Å². The number of benzene rings is 1. The number of pyridine rings is 1. The zero-order chi connectivity index (χ0) is 12.8. The normalized spacial score (nSPS) is 10.8. The van der Waals surface area contributed by atoms with Crippen molar-refractivity contribution in [3.05, 3.63) is 36.4 Å². The third kappa shape index (κ3) is 2.97. The van der Waals surface area contributed by atoms with Crippen LogP contribution in [-0.4, -0.2) is 41.5 Å². The van der Waals surface area contributed by atoms with Crippen molar-refractivity contribution in [2.75, 3.05) is 31.2 Å². The lowest BCUT2D eigenvalue weighted by molar-refractivity contribution is 0.281. The number of anilines is 1. The average molecular weight is 246 g/mol. The maximum atomic E-state index is 9.08. The molecule has 1 aromatic carbocycles. The number of hydrogen-bond acceptors (Lipinski definition) is 4. The zero-order valence-corrected chi connectivity index (χ0v) is 10.3. The van der Waals surface area contributed by atoms with Gasteiger partial charge in [0.15, 0.2) is 0 Å². The molecule has 4 heteroatoms. The van der Waals surface area contributed by atoms with Gasteiger partial charge in [-0.25, -0.2) is 4.98 Å². The number of nitrogens with zero attached hydrogens (tertiary/aromatic N) is 2. The van der Waals surface area contributed by atoms with Crippen molar-refractivity contribution in [1.29, 1.82) is 0 Å². The number of rotatable bonds is 6. The molecule has 0 saturated carbocycles. The Bertz CT molecular complexity index is 502. The lowest BCUT2D eigenvalue weighted by Gasteiger charge is -2.22. The lowest BCUT2D eigenvalue weighted by atomic mass is 10.2. The molecule has 1 heterocycles. The summed E-state index contributed by atoms with van der Waals surface area (Å²) in [6.07, 6.45) is 0.675. The van der Waals surface area contributed by atoms with E-state index >= 15 is 0 Å². The van der Waals surface area contributed by atoms with E-state index in [1.165, 1.54) is 0 Å². The summed E-state index contributed by atoms with van der Waals surface area (Å²) in [5.41, 5.74) is 0.946. The Morgan fingerprint density at radius 3 is 2.56 bits per heavy atom. The van der Waals surface area contributed by atoms with E-state index in [1.54, 1.807) is 0 Å². The summed E-state index contributed by atoms with van der Waals surface area (Å²) in [4.78, 5) is 6.57. The molecular formula is C14H18N2O2. The average Bonchev–Trinajstić information content (AvgIpc) is 2.43. The quantitative estimate of drug-likeness (QED) is 0.809. The lowest BCUT2D eigenvalue weighted by Crippen LogP contribution is -2.29. The van der Waals surface area contributed by atoms with Crippen LogP contribution in [0.3, 0.4) is 0 Å². The van der Waals surface area contributed by atoms with Crippen molar-refractivity contribution >= 4 is 16.7 Å². The second-order valence-electron chi connectivity index (χ2n) is 4.15. The van der Waals surface area contributed by atoms with Gasteiger partial charge in [0.2, 0.25) is 0 Å². The Labute approximate surface area is 107 Å². The van der Waals surface area contributed by atoms with E-state index in [9.17, 15) is 0 Å². The Morgan fingerprint density at radius 2 is 1.78 bits per heavy atom. The summed E-state index contributed by atoms with van der Waals surface area (Å²) in [6, 6.07) is 11.9. The van der Waals surface area contributed by atoms with E-state index in [0.29, 0.717) is 19.5 Å². The van der Waals surface area contributed by atoms with Gasteiger partial charge in [-0.2, -0.15) is 0 Å². The highest BCUT2D eigenvalue weighted by atomic mass is 16.3. The molecule has 0 aliphatic heterocycles. The fourth-order valence-corrected chi connectivity index (χ4v) is 1.95. The highest BCUT2D eigenvalue weighted by molar-refractivity contribution is 5.80. The Hall–Kier alpha value is -1.65. The van der Waals surface area contributed by atoms with Crippen LogP contribution in [0.15, 0.2) is 36.4 Å². The molecule has 0 unspecified atom stereocenters. The van der Waals surface area contributed by atoms with Gasteiger partial charge in [-0.05, 0) is 24.6 Å². The number of hydrogen-bond donors (Lipinski definition) is 2. The largest absolute Gasteiger partial charge is 0.396 e. The molecule has 0 atom stereocenters. The molecular weight excluding hydrogens is 228 g/mol. The minimum atomic E-state index is 0.0833. The van der Waals surface area contributed by atoms with Gasteiger partial charge in [0, 0.05) is 25.1 Å². The molecule has 0 radical (unpaired) electrons. The first-order chi connectivity index (χ1) is 8.85. The van der Waals surface area contributed by atoms with Crippen LogP contribution < -0.4 is 4.90 Å². The van der Waals surface area contributed by atoms with Crippen LogP contribution in [0.1, 0.15) is 6.42 Å². The van der Waals surface area contributed by atoms with Gasteiger partial charge in [0.1, 0.15) is 5.82 Å². The molecule has 18 heavy (non-hydrogen) atoms. The van der Waals surface area contributed by atoms with Crippen molar-refractivity contribution in [3.63, 3.8) is 0 Å². The predicted molar refractivity (Wildman–Crippen MR) is 72.7 cm³/mol. The number of aliphatic hydroxyl groups excluding tert-OH is 2. The Morgan fingerprint density at radius 1 is 0.944 bits per heavy atom. The predicted octanol–water partition coefficient (Wildman–Crippen LogP) is 1.42. The van der Waals surface area contributed by atoms with E-state index in [1.807, 2.05) is 41.3 Å². The van der Waals surface area contributed by atoms with Crippen LogP contribution in [-0.2, 0) is 0 Å². The van der Waals surface area contributed by atoms with Crippen molar-refractivity contribution in [1.82, 2.24) is 4.98 Å². The van der Waals surface area contributed by atoms with Gasteiger partial charge < -0.3 is 15.1 Å². The summed E-state index contributed by atoms with van der Waals surface area (Å²) in [7, 11) is 0. The number of aliphatic hydroxyl groups is 2. The maximum Gasteiger partial charge on any atom is 0.129 e. The maximum absolute atomic E-state index is 9.08. The molecule has 0 saturated heterocycles. The summed E-state index contributed by atoms with van der Waals surface area (Å²) in [5.74, 6) is 0.844. The Kier molecular flexibility index (Phi) is 4.50. The highest BCUT2D eigenvalue weighted by Gasteiger charge is 2.07. The molecule has 2 N–H and O–H groups in total. The minimum Gasteiger partial charge on any atom is -0.396 e. The van der Waals surface area contributed by atoms with Crippen LogP contribution in [0.5, 0.6) is 0 Å². The first kappa shape index (κ1) is 12.8. The fraction of sp³-hybridized carbons (Fsp3) is 0.357. The third-order valence-corrected chi connectivity index (χ3v) is 2.86. The fourth-order valence-electron chi connectivity index (χ4n) is 1.95. The van der Waals surface area contributed by atoms with E-state index in [2.05, 4.69) is 4.98 Å². The smallest absolute Gasteiger partial charge is 0.129 e. The van der Waals surface area contributed by atoms with E-state index in [0.717, 1.165) is 16.7 Å². The van der Waals surface area contributed by atoms with Crippen LogP contribution in [0.4, 0.5) is 5.82 Å². The Balaban J connectivity index is 2.25. The first-order valence-corrected chi connectivity index (χ1v) is 6.17. The molecule has 4 nitrogen and oxygen atoms in total. The minimum absolute atomic E-state index is 0.0833. The first-order valence-electron chi connectivity index (χ1n) is 6.17. The summed E-state index contributed by atoms with van der Waals surface area (Å²) in [5, 5.41) is 19.1. The van der Waals surface area contributed by atoms with Crippen molar-refractivity contribution in [2.24, 2.45) is 0 Å². The van der Waals surface area contributed by atoms with Gasteiger partial charge in [0.05, 0.1) is 12.1 Å². The molecule has 0 bridgehead atoms. The van der Waals surface area contributed by atoms with Crippen LogP contribution in [0, 0.1) is 0 Å². The van der Waals surface area contributed by atoms with E-state index < -0.39 is 0 Å². The number of para-hydroxylation sites is 1. The van der Waals surface area contributed by atoms with E-state index in [4.69, 9.17) is 10.2 Å². The number of aromatic nitrogens is 1. The molecule has 0 aliphatic rings. The molecule has 1 aromatic heterocycles. The van der Waals surface area contributed by atoms with Gasteiger partial charge >= 0.3 is 0 Å². The van der Waals surface area contributed by atoms with E-state index in [-0.39, 0.29) is 13.2 Å². The van der Waals surface area contributed by atoms with Crippen LogP contribution in [0.25, 0.3) is 10.9 Å². The van der Waals surface area contributed by atoms with Crippen molar-refractivity contribution in [2.45, 2.75) is 6.42 Å². The molecule has 0 fully saturated rings. The second kappa shape index (κ2) is 6.33. The van der Waals surface area contributed by atoms with Gasteiger partial charge in [-0.1, -0.05) is 18.2 Å². The number of fused-ring (bicyclic) bond motifs is 1. The standard InChI is InChI=1S/C14H18N2O2/c17-10-3-8-16(9-11-18)14-7-6-12-4-1-2-5-13(12)15-14/h1-2,4-7,17-18H,3,8-11H2. The summed E-state index contributed by atoms with van der Waals surface area (Å²) < 4.78 is 0. The molecule has 96 valence electrons. The molecule has 0 amide bonds. The van der Waals surface area contributed by atoms with Crippen molar-refractivity contribution in [3.8, 4) is 0 Å². The molecule has 0 spiro atoms. The topological polar surface area (TPSA) is 56.6 Å². The second-order valence-corrected chi connectivity index (χ2v) is 4.15. The zero-order valence-electron chi connectivity index (χ0n) is 10.3. The monoisotopic (exact) mass is 246 g/mol. The SMILES string of the molecule is OCCCN(CCO)c1ccc2ccccc2n1. The van der Waals surface area contributed by atoms with Crippen LogP contribution >= 0.6 is 0 Å².